The molecule has 20 heavy (non-hydrogen) atoms. The fourth-order valence-corrected chi connectivity index (χ4v) is 2.55. The highest BCUT2D eigenvalue weighted by Gasteiger charge is 2.10. The second-order valence-corrected chi connectivity index (χ2v) is 7.47. The minimum Gasteiger partial charge on any atom is -0.358 e. The Bertz CT molecular complexity index is 529. The van der Waals surface area contributed by atoms with E-state index in [0.29, 0.717) is 6.54 Å². The quantitative estimate of drug-likeness (QED) is 0.735. The van der Waals surface area contributed by atoms with Crippen molar-refractivity contribution in [1.29, 1.82) is 0 Å². The Labute approximate surface area is 122 Å². The van der Waals surface area contributed by atoms with Crippen molar-refractivity contribution in [3.63, 3.8) is 0 Å². The predicted octanol–water partition coefficient (Wildman–Crippen LogP) is 1.37. The molecule has 0 saturated heterocycles. The van der Waals surface area contributed by atoms with Gasteiger partial charge in [-0.2, -0.15) is 0 Å². The van der Waals surface area contributed by atoms with Gasteiger partial charge < -0.3 is 10.2 Å². The minimum atomic E-state index is -2.94. The highest BCUT2D eigenvalue weighted by molar-refractivity contribution is 7.90. The molecule has 0 atom stereocenters. The largest absolute Gasteiger partial charge is 0.358 e. The summed E-state index contributed by atoms with van der Waals surface area (Å²) >= 11 is 0. The van der Waals surface area contributed by atoms with Crippen molar-refractivity contribution < 1.29 is 8.42 Å². The molecule has 0 amide bonds. The van der Waals surface area contributed by atoms with E-state index in [1.165, 1.54) is 6.26 Å². The SMILES string of the molecule is CCCNCc1cnc(N(C)CCS(C)(=O)=O)c(C)c1. The van der Waals surface area contributed by atoms with Crippen LogP contribution >= 0.6 is 0 Å². The molecule has 0 spiro atoms. The van der Waals surface area contributed by atoms with Crippen LogP contribution in [0.5, 0.6) is 0 Å². The summed E-state index contributed by atoms with van der Waals surface area (Å²) in [6.45, 7) is 6.41. The summed E-state index contributed by atoms with van der Waals surface area (Å²) in [5.74, 6) is 0.984. The van der Waals surface area contributed by atoms with E-state index in [0.717, 1.165) is 36.5 Å². The molecule has 1 heterocycles. The summed E-state index contributed by atoms with van der Waals surface area (Å²) in [6.07, 6.45) is 4.21. The van der Waals surface area contributed by atoms with Crippen molar-refractivity contribution in [1.82, 2.24) is 10.3 Å². The molecule has 5 nitrogen and oxygen atoms in total. The van der Waals surface area contributed by atoms with Gasteiger partial charge in [0.2, 0.25) is 0 Å². The lowest BCUT2D eigenvalue weighted by Crippen LogP contribution is -2.26. The van der Waals surface area contributed by atoms with E-state index in [4.69, 9.17) is 0 Å². The summed E-state index contributed by atoms with van der Waals surface area (Å²) in [4.78, 5) is 6.34. The van der Waals surface area contributed by atoms with Gasteiger partial charge in [0.1, 0.15) is 15.7 Å². The van der Waals surface area contributed by atoms with Gasteiger partial charge in [0.25, 0.3) is 0 Å². The van der Waals surface area contributed by atoms with Crippen LogP contribution in [-0.2, 0) is 16.4 Å². The third kappa shape index (κ3) is 5.88. The molecular weight excluding hydrogens is 274 g/mol. The van der Waals surface area contributed by atoms with Crippen LogP contribution in [0.25, 0.3) is 0 Å². The summed E-state index contributed by atoms with van der Waals surface area (Å²) in [5.41, 5.74) is 2.22. The van der Waals surface area contributed by atoms with Crippen molar-refractivity contribution in [2.45, 2.75) is 26.8 Å². The number of hydrogen-bond donors (Lipinski definition) is 1. The zero-order chi connectivity index (χ0) is 15.2. The van der Waals surface area contributed by atoms with Gasteiger partial charge in [-0.05, 0) is 37.1 Å². The van der Waals surface area contributed by atoms with Crippen molar-refractivity contribution >= 4 is 15.7 Å². The first-order chi connectivity index (χ1) is 9.33. The molecule has 1 aromatic heterocycles. The molecule has 0 aromatic carbocycles. The first kappa shape index (κ1) is 16.9. The second kappa shape index (κ2) is 7.59. The molecule has 0 unspecified atom stereocenters. The number of aromatic nitrogens is 1. The summed E-state index contributed by atoms with van der Waals surface area (Å²) in [5, 5.41) is 3.34. The maximum absolute atomic E-state index is 11.2. The average molecular weight is 299 g/mol. The van der Waals surface area contributed by atoms with Crippen molar-refractivity contribution in [2.75, 3.05) is 37.0 Å². The van der Waals surface area contributed by atoms with E-state index in [9.17, 15) is 8.42 Å². The summed E-state index contributed by atoms with van der Waals surface area (Å²) < 4.78 is 22.4. The Balaban J connectivity index is 2.67. The van der Waals surface area contributed by atoms with Gasteiger partial charge in [-0.15, -0.1) is 0 Å². The monoisotopic (exact) mass is 299 g/mol. The lowest BCUT2D eigenvalue weighted by molar-refractivity contribution is 0.601. The molecule has 6 heteroatoms. The Morgan fingerprint density at radius 1 is 1.40 bits per heavy atom. The van der Waals surface area contributed by atoms with Gasteiger partial charge in [0.15, 0.2) is 0 Å². The molecule has 1 N–H and O–H groups in total. The van der Waals surface area contributed by atoms with Crippen LogP contribution in [0.4, 0.5) is 5.82 Å². The Kier molecular flexibility index (Phi) is 6.42. The molecule has 1 rings (SSSR count). The van der Waals surface area contributed by atoms with E-state index >= 15 is 0 Å². The number of pyridine rings is 1. The summed E-state index contributed by atoms with van der Waals surface area (Å²) in [6, 6.07) is 2.10. The van der Waals surface area contributed by atoms with Gasteiger partial charge in [0.05, 0.1) is 5.75 Å². The maximum Gasteiger partial charge on any atom is 0.149 e. The molecule has 114 valence electrons. The first-order valence-electron chi connectivity index (χ1n) is 6.88. The van der Waals surface area contributed by atoms with Crippen molar-refractivity contribution in [3.8, 4) is 0 Å². The molecule has 0 saturated carbocycles. The normalized spacial score (nSPS) is 11.6. The van der Waals surface area contributed by atoms with E-state index in [1.54, 1.807) is 0 Å². The molecule has 0 aliphatic heterocycles. The highest BCUT2D eigenvalue weighted by atomic mass is 32.2. The average Bonchev–Trinajstić information content (AvgIpc) is 2.35. The Morgan fingerprint density at radius 2 is 2.10 bits per heavy atom. The zero-order valence-corrected chi connectivity index (χ0v) is 13.6. The number of nitrogens with one attached hydrogen (secondary N) is 1. The van der Waals surface area contributed by atoms with Gasteiger partial charge in [-0.25, -0.2) is 13.4 Å². The van der Waals surface area contributed by atoms with Crippen LogP contribution in [0.15, 0.2) is 12.3 Å². The smallest absolute Gasteiger partial charge is 0.149 e. The zero-order valence-electron chi connectivity index (χ0n) is 12.8. The molecule has 0 fully saturated rings. The van der Waals surface area contributed by atoms with E-state index in [1.807, 2.05) is 25.1 Å². The number of sulfone groups is 1. The highest BCUT2D eigenvalue weighted by Crippen LogP contribution is 2.16. The van der Waals surface area contributed by atoms with Gasteiger partial charge in [-0.1, -0.05) is 6.92 Å². The van der Waals surface area contributed by atoms with Crippen LogP contribution in [-0.4, -0.2) is 45.5 Å². The Morgan fingerprint density at radius 3 is 2.65 bits per heavy atom. The number of aryl methyl sites for hydroxylation is 1. The number of rotatable bonds is 8. The lowest BCUT2D eigenvalue weighted by Gasteiger charge is -2.20. The van der Waals surface area contributed by atoms with Crippen LogP contribution in [0.2, 0.25) is 0 Å². The van der Waals surface area contributed by atoms with Gasteiger partial charge >= 0.3 is 0 Å². The molecule has 0 radical (unpaired) electrons. The lowest BCUT2D eigenvalue weighted by atomic mass is 10.2. The van der Waals surface area contributed by atoms with Crippen LogP contribution in [0, 0.1) is 6.92 Å². The molecule has 0 aliphatic rings. The first-order valence-corrected chi connectivity index (χ1v) is 8.94. The van der Waals surface area contributed by atoms with Crippen molar-refractivity contribution in [3.05, 3.63) is 23.4 Å². The standard InChI is InChI=1S/C14H25N3O2S/c1-5-6-15-10-13-9-12(2)14(16-11-13)17(3)7-8-20(4,18)19/h9,11,15H,5-8,10H2,1-4H3. The minimum absolute atomic E-state index is 0.143. The number of hydrogen-bond acceptors (Lipinski definition) is 5. The fraction of sp³-hybridized carbons (Fsp3) is 0.643. The number of nitrogens with zero attached hydrogens (tertiary/aromatic N) is 2. The van der Waals surface area contributed by atoms with Crippen LogP contribution < -0.4 is 10.2 Å². The Hall–Kier alpha value is -1.14. The molecule has 1 aromatic rings. The van der Waals surface area contributed by atoms with Gasteiger partial charge in [0, 0.05) is 32.6 Å². The van der Waals surface area contributed by atoms with E-state index < -0.39 is 9.84 Å². The van der Waals surface area contributed by atoms with E-state index in [2.05, 4.69) is 23.3 Å². The maximum atomic E-state index is 11.2. The molecular formula is C14H25N3O2S. The van der Waals surface area contributed by atoms with Gasteiger partial charge in [-0.3, -0.25) is 0 Å². The topological polar surface area (TPSA) is 62.3 Å². The third-order valence-electron chi connectivity index (χ3n) is 3.02. The van der Waals surface area contributed by atoms with Crippen LogP contribution in [0.3, 0.4) is 0 Å². The second-order valence-electron chi connectivity index (χ2n) is 5.21. The fourth-order valence-electron chi connectivity index (χ4n) is 1.94. The molecule has 0 bridgehead atoms. The van der Waals surface area contributed by atoms with E-state index in [-0.39, 0.29) is 5.75 Å². The predicted molar refractivity (Wildman–Crippen MR) is 84.0 cm³/mol. The third-order valence-corrected chi connectivity index (χ3v) is 3.95. The van der Waals surface area contributed by atoms with Crippen LogP contribution in [0.1, 0.15) is 24.5 Å². The number of anilines is 1. The molecule has 0 aliphatic carbocycles. The van der Waals surface area contributed by atoms with Crippen molar-refractivity contribution in [2.24, 2.45) is 0 Å². The summed E-state index contributed by atoms with van der Waals surface area (Å²) in [7, 11) is -1.07.